The maximum atomic E-state index is 13.2. The second-order valence-corrected chi connectivity index (χ2v) is 7.00. The molecule has 3 aromatic rings. The van der Waals surface area contributed by atoms with E-state index in [4.69, 9.17) is 0 Å². The summed E-state index contributed by atoms with van der Waals surface area (Å²) in [7, 11) is -1.89. The number of hydrogen-bond acceptors (Lipinski definition) is 3. The smallest absolute Gasteiger partial charge is 0.268 e. The van der Waals surface area contributed by atoms with Crippen LogP contribution in [0.1, 0.15) is 0 Å². The van der Waals surface area contributed by atoms with Crippen LogP contribution in [-0.4, -0.2) is 15.5 Å². The van der Waals surface area contributed by atoms with Crippen molar-refractivity contribution in [1.82, 2.24) is 0 Å². The summed E-state index contributed by atoms with van der Waals surface area (Å²) in [5, 5.41) is 3.04. The zero-order valence-electron chi connectivity index (χ0n) is 13.3. The Morgan fingerprint density at radius 2 is 1.21 bits per heavy atom. The van der Waals surface area contributed by atoms with Crippen molar-refractivity contribution in [2.75, 3.05) is 16.7 Å². The highest BCUT2D eigenvalue weighted by Crippen LogP contribution is 2.32. The number of nitrogens with zero attached hydrogens (tertiary/aromatic N) is 1. The van der Waals surface area contributed by atoms with E-state index in [2.05, 4.69) is 5.32 Å². The Hall–Kier alpha value is -2.79. The van der Waals surface area contributed by atoms with Gasteiger partial charge in [0.25, 0.3) is 10.0 Å². The molecule has 0 heterocycles. The highest BCUT2D eigenvalue weighted by atomic mass is 32.2. The van der Waals surface area contributed by atoms with Gasteiger partial charge in [0.15, 0.2) is 0 Å². The van der Waals surface area contributed by atoms with E-state index in [-0.39, 0.29) is 4.90 Å². The molecule has 4 nitrogen and oxygen atoms in total. The molecule has 0 atom stereocenters. The van der Waals surface area contributed by atoms with Crippen LogP contribution in [0.2, 0.25) is 0 Å². The van der Waals surface area contributed by atoms with Crippen molar-refractivity contribution in [2.24, 2.45) is 0 Å². The molecular formula is C19H18N2O2S. The highest BCUT2D eigenvalue weighted by molar-refractivity contribution is 7.93. The summed E-state index contributed by atoms with van der Waals surface area (Å²) in [6.45, 7) is 0. The van der Waals surface area contributed by atoms with Crippen LogP contribution < -0.4 is 9.62 Å². The first kappa shape index (κ1) is 16.1. The molecule has 3 aromatic carbocycles. The molecule has 0 radical (unpaired) electrons. The summed E-state index contributed by atoms with van der Waals surface area (Å²) in [5.41, 5.74) is 2.10. The molecule has 24 heavy (non-hydrogen) atoms. The van der Waals surface area contributed by atoms with Crippen LogP contribution >= 0.6 is 0 Å². The number of rotatable bonds is 5. The molecule has 0 fully saturated rings. The SMILES string of the molecule is CNc1ccc(N(c2ccccc2)S(=O)(=O)c2ccccc2)cc1. The molecule has 0 saturated carbocycles. The fourth-order valence-corrected chi connectivity index (χ4v) is 3.96. The average molecular weight is 338 g/mol. The number of nitrogens with one attached hydrogen (secondary N) is 1. The fraction of sp³-hybridized carbons (Fsp3) is 0.0526. The van der Waals surface area contributed by atoms with Crippen molar-refractivity contribution < 1.29 is 8.42 Å². The second kappa shape index (κ2) is 6.76. The number of anilines is 3. The second-order valence-electron chi connectivity index (χ2n) is 5.21. The molecule has 0 aliphatic carbocycles. The molecule has 0 aromatic heterocycles. The van der Waals surface area contributed by atoms with E-state index in [0.717, 1.165) is 5.69 Å². The van der Waals surface area contributed by atoms with Gasteiger partial charge >= 0.3 is 0 Å². The predicted molar refractivity (Wildman–Crippen MR) is 98.2 cm³/mol. The third kappa shape index (κ3) is 3.12. The van der Waals surface area contributed by atoms with Crippen molar-refractivity contribution in [3.63, 3.8) is 0 Å². The van der Waals surface area contributed by atoms with Crippen LogP contribution in [0.4, 0.5) is 17.1 Å². The zero-order valence-corrected chi connectivity index (χ0v) is 14.1. The van der Waals surface area contributed by atoms with Gasteiger partial charge in [-0.2, -0.15) is 0 Å². The third-order valence-corrected chi connectivity index (χ3v) is 5.43. The third-order valence-electron chi connectivity index (χ3n) is 3.66. The standard InChI is InChI=1S/C19H18N2O2S/c1-20-16-12-14-18(15-13-16)21(17-8-4-2-5-9-17)24(22,23)19-10-6-3-7-11-19/h2-15,20H,1H3. The Labute approximate surface area is 142 Å². The lowest BCUT2D eigenvalue weighted by molar-refractivity contribution is 0.596. The summed E-state index contributed by atoms with van der Waals surface area (Å²) in [6, 6.07) is 24.8. The summed E-state index contributed by atoms with van der Waals surface area (Å²) < 4.78 is 27.8. The molecular weight excluding hydrogens is 320 g/mol. The van der Waals surface area contributed by atoms with E-state index >= 15 is 0 Å². The normalized spacial score (nSPS) is 11.0. The van der Waals surface area contributed by atoms with Crippen molar-refractivity contribution >= 4 is 27.1 Å². The van der Waals surface area contributed by atoms with Gasteiger partial charge in [-0.15, -0.1) is 0 Å². The van der Waals surface area contributed by atoms with E-state index in [1.165, 1.54) is 4.31 Å². The lowest BCUT2D eigenvalue weighted by atomic mass is 10.2. The Morgan fingerprint density at radius 1 is 0.708 bits per heavy atom. The molecule has 0 aliphatic heterocycles. The Bertz CT molecular complexity index is 893. The summed E-state index contributed by atoms with van der Waals surface area (Å²) in [4.78, 5) is 0.256. The maximum absolute atomic E-state index is 13.2. The number of hydrogen-bond donors (Lipinski definition) is 1. The number of benzene rings is 3. The van der Waals surface area contributed by atoms with Crippen LogP contribution in [0, 0.1) is 0 Å². The fourth-order valence-electron chi connectivity index (χ4n) is 2.45. The van der Waals surface area contributed by atoms with Crippen molar-refractivity contribution in [2.45, 2.75) is 4.90 Å². The van der Waals surface area contributed by atoms with Gasteiger partial charge in [0.05, 0.1) is 16.3 Å². The number of para-hydroxylation sites is 1. The van der Waals surface area contributed by atoms with E-state index in [9.17, 15) is 8.42 Å². The minimum atomic E-state index is -3.71. The number of sulfonamides is 1. The molecule has 3 rings (SSSR count). The zero-order chi connectivity index (χ0) is 17.0. The van der Waals surface area contributed by atoms with Crippen LogP contribution in [0.15, 0.2) is 89.8 Å². The molecule has 0 amide bonds. The van der Waals surface area contributed by atoms with Crippen LogP contribution in [-0.2, 0) is 10.0 Å². The van der Waals surface area contributed by atoms with Crippen LogP contribution in [0.3, 0.4) is 0 Å². The Morgan fingerprint density at radius 3 is 1.75 bits per heavy atom. The average Bonchev–Trinajstić information content (AvgIpc) is 2.64. The molecule has 0 aliphatic rings. The van der Waals surface area contributed by atoms with Gasteiger partial charge in [0.1, 0.15) is 0 Å². The molecule has 5 heteroatoms. The molecule has 0 bridgehead atoms. The van der Waals surface area contributed by atoms with E-state index in [0.29, 0.717) is 11.4 Å². The molecule has 122 valence electrons. The molecule has 0 spiro atoms. The van der Waals surface area contributed by atoms with E-state index < -0.39 is 10.0 Å². The van der Waals surface area contributed by atoms with Crippen LogP contribution in [0.25, 0.3) is 0 Å². The molecule has 0 saturated heterocycles. The van der Waals surface area contributed by atoms with Gasteiger partial charge in [-0.05, 0) is 48.5 Å². The van der Waals surface area contributed by atoms with Gasteiger partial charge < -0.3 is 5.32 Å². The Balaban J connectivity index is 2.15. The minimum Gasteiger partial charge on any atom is -0.388 e. The first-order valence-corrected chi connectivity index (χ1v) is 9.00. The lowest BCUT2D eigenvalue weighted by Gasteiger charge is -2.25. The van der Waals surface area contributed by atoms with E-state index in [1.54, 1.807) is 54.6 Å². The molecule has 1 N–H and O–H groups in total. The van der Waals surface area contributed by atoms with Gasteiger partial charge in [-0.3, -0.25) is 0 Å². The predicted octanol–water partition coefficient (Wildman–Crippen LogP) is 4.26. The van der Waals surface area contributed by atoms with Crippen LogP contribution in [0.5, 0.6) is 0 Å². The van der Waals surface area contributed by atoms with E-state index in [1.807, 2.05) is 37.4 Å². The Kier molecular flexibility index (Phi) is 4.53. The monoisotopic (exact) mass is 338 g/mol. The largest absolute Gasteiger partial charge is 0.388 e. The van der Waals surface area contributed by atoms with Crippen molar-refractivity contribution in [3.05, 3.63) is 84.9 Å². The molecule has 0 unspecified atom stereocenters. The van der Waals surface area contributed by atoms with Gasteiger partial charge in [-0.1, -0.05) is 36.4 Å². The summed E-state index contributed by atoms with van der Waals surface area (Å²) >= 11 is 0. The quantitative estimate of drug-likeness (QED) is 0.756. The lowest BCUT2D eigenvalue weighted by Crippen LogP contribution is -2.26. The summed E-state index contributed by atoms with van der Waals surface area (Å²) in [6.07, 6.45) is 0. The topological polar surface area (TPSA) is 49.4 Å². The first-order valence-electron chi connectivity index (χ1n) is 7.56. The van der Waals surface area contributed by atoms with Gasteiger partial charge in [-0.25, -0.2) is 12.7 Å². The minimum absolute atomic E-state index is 0.256. The highest BCUT2D eigenvalue weighted by Gasteiger charge is 2.26. The van der Waals surface area contributed by atoms with Crippen molar-refractivity contribution in [1.29, 1.82) is 0 Å². The summed E-state index contributed by atoms with van der Waals surface area (Å²) in [5.74, 6) is 0. The van der Waals surface area contributed by atoms with Gasteiger partial charge in [0.2, 0.25) is 0 Å². The maximum Gasteiger partial charge on any atom is 0.268 e. The van der Waals surface area contributed by atoms with Crippen molar-refractivity contribution in [3.8, 4) is 0 Å². The first-order chi connectivity index (χ1) is 11.6. The van der Waals surface area contributed by atoms with Gasteiger partial charge in [0, 0.05) is 12.7 Å².